The second-order valence-electron chi connectivity index (χ2n) is 3.31. The van der Waals surface area contributed by atoms with Gasteiger partial charge in [-0.15, -0.1) is 0 Å². The Hall–Kier alpha value is -1.50. The molecule has 2 aromatic rings. The molecule has 0 bridgehead atoms. The van der Waals surface area contributed by atoms with Crippen molar-refractivity contribution in [2.45, 2.75) is 13.8 Å². The first-order valence-corrected chi connectivity index (χ1v) is 4.37. The smallest absolute Gasteiger partial charge is 0.0980 e. The number of furan rings is 1. The summed E-state index contributed by atoms with van der Waals surface area (Å²) >= 11 is 0. The number of rotatable bonds is 1. The Bertz CT molecular complexity index is 399. The van der Waals surface area contributed by atoms with E-state index in [2.05, 4.69) is 32.0 Å². The van der Waals surface area contributed by atoms with Crippen LogP contribution in [0.5, 0.6) is 0 Å². The zero-order valence-electron chi connectivity index (χ0n) is 7.87. The quantitative estimate of drug-likeness (QED) is 0.641. The number of hydrogen-bond donors (Lipinski definition) is 0. The molecule has 1 nitrogen and oxygen atoms in total. The van der Waals surface area contributed by atoms with Gasteiger partial charge in [0.2, 0.25) is 0 Å². The van der Waals surface area contributed by atoms with E-state index < -0.39 is 0 Å². The average molecular weight is 172 g/mol. The van der Waals surface area contributed by atoms with E-state index in [1.54, 1.807) is 12.5 Å². The van der Waals surface area contributed by atoms with Gasteiger partial charge in [-0.1, -0.05) is 18.2 Å². The first-order chi connectivity index (χ1) is 6.27. The van der Waals surface area contributed by atoms with E-state index in [0.29, 0.717) is 0 Å². The Morgan fingerprint density at radius 2 is 1.77 bits per heavy atom. The highest BCUT2D eigenvalue weighted by molar-refractivity contribution is 5.63. The molecule has 1 heteroatoms. The van der Waals surface area contributed by atoms with Gasteiger partial charge in [0.25, 0.3) is 0 Å². The molecule has 1 heterocycles. The molecular weight excluding hydrogens is 160 g/mol. The van der Waals surface area contributed by atoms with Gasteiger partial charge in [0, 0.05) is 5.56 Å². The van der Waals surface area contributed by atoms with Gasteiger partial charge in [-0.05, 0) is 36.6 Å². The molecular formula is C12H12O. The third kappa shape index (κ3) is 1.50. The Balaban J connectivity index is 2.49. The van der Waals surface area contributed by atoms with Crippen molar-refractivity contribution < 1.29 is 4.42 Å². The molecule has 0 aliphatic carbocycles. The zero-order valence-corrected chi connectivity index (χ0v) is 7.87. The minimum Gasteiger partial charge on any atom is -0.472 e. The zero-order chi connectivity index (χ0) is 9.26. The molecule has 0 aliphatic rings. The second kappa shape index (κ2) is 3.09. The first-order valence-electron chi connectivity index (χ1n) is 4.37. The monoisotopic (exact) mass is 172 g/mol. The lowest BCUT2D eigenvalue weighted by atomic mass is 10.0. The van der Waals surface area contributed by atoms with Gasteiger partial charge in [0.1, 0.15) is 0 Å². The van der Waals surface area contributed by atoms with Gasteiger partial charge in [-0.3, -0.25) is 0 Å². The number of hydrogen-bond acceptors (Lipinski definition) is 1. The summed E-state index contributed by atoms with van der Waals surface area (Å²) in [5.41, 5.74) is 5.01. The molecule has 13 heavy (non-hydrogen) atoms. The molecule has 0 N–H and O–H groups in total. The van der Waals surface area contributed by atoms with Crippen LogP contribution in [-0.4, -0.2) is 0 Å². The molecule has 0 atom stereocenters. The fourth-order valence-corrected chi connectivity index (χ4v) is 1.35. The van der Waals surface area contributed by atoms with Crippen molar-refractivity contribution in [2.24, 2.45) is 0 Å². The van der Waals surface area contributed by atoms with E-state index in [1.165, 1.54) is 16.7 Å². The summed E-state index contributed by atoms with van der Waals surface area (Å²) in [4.78, 5) is 0. The molecule has 0 radical (unpaired) electrons. The van der Waals surface area contributed by atoms with Crippen molar-refractivity contribution in [3.8, 4) is 11.1 Å². The average Bonchev–Trinajstić information content (AvgIpc) is 2.62. The van der Waals surface area contributed by atoms with E-state index >= 15 is 0 Å². The lowest BCUT2D eigenvalue weighted by Gasteiger charge is -2.02. The van der Waals surface area contributed by atoms with E-state index in [1.807, 2.05) is 6.07 Å². The molecule has 0 unspecified atom stereocenters. The van der Waals surface area contributed by atoms with Gasteiger partial charge >= 0.3 is 0 Å². The van der Waals surface area contributed by atoms with Crippen molar-refractivity contribution in [1.29, 1.82) is 0 Å². The van der Waals surface area contributed by atoms with Gasteiger partial charge in [-0.25, -0.2) is 0 Å². The van der Waals surface area contributed by atoms with Crippen LogP contribution < -0.4 is 0 Å². The van der Waals surface area contributed by atoms with Crippen molar-refractivity contribution >= 4 is 0 Å². The van der Waals surface area contributed by atoms with Crippen LogP contribution in [-0.2, 0) is 0 Å². The maximum Gasteiger partial charge on any atom is 0.0980 e. The molecule has 0 aliphatic heterocycles. The van der Waals surface area contributed by atoms with E-state index in [9.17, 15) is 0 Å². The fourth-order valence-electron chi connectivity index (χ4n) is 1.35. The lowest BCUT2D eigenvalue weighted by Crippen LogP contribution is -1.81. The highest BCUT2D eigenvalue weighted by Gasteiger charge is 1.99. The minimum atomic E-state index is 1.14. The van der Waals surface area contributed by atoms with Crippen LogP contribution in [0.4, 0.5) is 0 Å². The summed E-state index contributed by atoms with van der Waals surface area (Å²) in [7, 11) is 0. The summed E-state index contributed by atoms with van der Waals surface area (Å²) in [6.45, 7) is 4.24. The Morgan fingerprint density at radius 1 is 0.923 bits per heavy atom. The number of benzene rings is 1. The predicted molar refractivity (Wildman–Crippen MR) is 53.6 cm³/mol. The summed E-state index contributed by atoms with van der Waals surface area (Å²) in [5, 5.41) is 0. The molecule has 0 amide bonds. The molecule has 1 aromatic heterocycles. The van der Waals surface area contributed by atoms with Crippen LogP contribution in [0.25, 0.3) is 11.1 Å². The fraction of sp³-hybridized carbons (Fsp3) is 0.167. The van der Waals surface area contributed by atoms with Crippen LogP contribution in [0.15, 0.2) is 41.2 Å². The molecule has 0 spiro atoms. The van der Waals surface area contributed by atoms with Crippen molar-refractivity contribution in [3.63, 3.8) is 0 Å². The van der Waals surface area contributed by atoms with Gasteiger partial charge in [0.05, 0.1) is 12.5 Å². The van der Waals surface area contributed by atoms with Crippen LogP contribution in [0, 0.1) is 13.8 Å². The van der Waals surface area contributed by atoms with Gasteiger partial charge in [-0.2, -0.15) is 0 Å². The molecule has 0 saturated carbocycles. The number of aryl methyl sites for hydroxylation is 2. The maximum absolute atomic E-state index is 5.04. The summed E-state index contributed by atoms with van der Waals surface area (Å²) in [6.07, 6.45) is 3.47. The van der Waals surface area contributed by atoms with Gasteiger partial charge in [0.15, 0.2) is 0 Å². The molecule has 2 rings (SSSR count). The second-order valence-corrected chi connectivity index (χ2v) is 3.31. The molecule has 66 valence electrons. The Labute approximate surface area is 78.0 Å². The Kier molecular flexibility index (Phi) is 1.93. The van der Waals surface area contributed by atoms with E-state index in [-0.39, 0.29) is 0 Å². The first kappa shape index (κ1) is 8.11. The van der Waals surface area contributed by atoms with Crippen LogP contribution in [0.3, 0.4) is 0 Å². The van der Waals surface area contributed by atoms with E-state index in [4.69, 9.17) is 4.42 Å². The summed E-state index contributed by atoms with van der Waals surface area (Å²) in [6, 6.07) is 8.41. The van der Waals surface area contributed by atoms with Crippen molar-refractivity contribution in [1.82, 2.24) is 0 Å². The molecule has 0 fully saturated rings. The lowest BCUT2D eigenvalue weighted by molar-refractivity contribution is 0.568. The third-order valence-corrected chi connectivity index (χ3v) is 2.36. The van der Waals surface area contributed by atoms with Crippen molar-refractivity contribution in [2.75, 3.05) is 0 Å². The highest BCUT2D eigenvalue weighted by atomic mass is 16.3. The standard InChI is InChI=1S/C12H12O/c1-9-3-4-11(7-10(9)2)12-5-6-13-8-12/h3-8H,1-2H3. The third-order valence-electron chi connectivity index (χ3n) is 2.36. The van der Waals surface area contributed by atoms with E-state index in [0.717, 1.165) is 5.56 Å². The Morgan fingerprint density at radius 3 is 2.38 bits per heavy atom. The predicted octanol–water partition coefficient (Wildman–Crippen LogP) is 3.56. The SMILES string of the molecule is Cc1ccc(-c2ccoc2)cc1C. The van der Waals surface area contributed by atoms with Crippen molar-refractivity contribution in [3.05, 3.63) is 47.9 Å². The minimum absolute atomic E-state index is 1.14. The topological polar surface area (TPSA) is 13.1 Å². The van der Waals surface area contributed by atoms with Crippen LogP contribution in [0.1, 0.15) is 11.1 Å². The summed E-state index contributed by atoms with van der Waals surface area (Å²) in [5.74, 6) is 0. The molecule has 0 saturated heterocycles. The molecule has 1 aromatic carbocycles. The summed E-state index contributed by atoms with van der Waals surface area (Å²) < 4.78 is 5.04. The van der Waals surface area contributed by atoms with Gasteiger partial charge < -0.3 is 4.42 Å². The normalized spacial score (nSPS) is 10.3. The van der Waals surface area contributed by atoms with Crippen LogP contribution in [0.2, 0.25) is 0 Å². The highest BCUT2D eigenvalue weighted by Crippen LogP contribution is 2.21. The maximum atomic E-state index is 5.04. The van der Waals surface area contributed by atoms with Crippen LogP contribution >= 0.6 is 0 Å². The largest absolute Gasteiger partial charge is 0.472 e.